The summed E-state index contributed by atoms with van der Waals surface area (Å²) < 4.78 is 75.4. The second kappa shape index (κ2) is 63.1. The molecule has 0 aromatic rings. The first kappa shape index (κ1) is 91.4. The Kier molecular flexibility index (Phi) is 60.8. The highest BCUT2D eigenvalue weighted by Crippen LogP contribution is 2.14. The molecule has 0 aromatic carbocycles. The lowest BCUT2D eigenvalue weighted by atomic mass is 10.0. The van der Waals surface area contributed by atoms with Gasteiger partial charge in [0.25, 0.3) is 11.8 Å². The normalized spacial score (nSPS) is 14.5. The van der Waals surface area contributed by atoms with Crippen molar-refractivity contribution in [2.75, 3.05) is 134 Å². The summed E-state index contributed by atoms with van der Waals surface area (Å²) in [7, 11) is 5.81. The van der Waals surface area contributed by atoms with Gasteiger partial charge in [-0.15, -0.1) is 0 Å². The highest BCUT2D eigenvalue weighted by Gasteiger charge is 2.24. The Morgan fingerprint density at radius 1 is 0.495 bits per heavy atom. The number of amides is 4. The van der Waals surface area contributed by atoms with E-state index < -0.39 is 54.8 Å². The zero-order valence-electron chi connectivity index (χ0n) is 58.8. The molecule has 9 N–H and O–H groups in total. The predicted octanol–water partition coefficient (Wildman–Crippen LogP) is 2.49. The third-order valence-corrected chi connectivity index (χ3v) is 13.1. The highest BCUT2D eigenvalue weighted by molar-refractivity contribution is 6.13. The number of Topliss-reactive ketones (excluding diaryl/α,β-unsaturated/α-hetero) is 1. The summed E-state index contributed by atoms with van der Waals surface area (Å²) >= 11 is 0. The molecule has 8 unspecified atom stereocenters. The van der Waals surface area contributed by atoms with E-state index in [0.717, 1.165) is 10.6 Å². The number of hydrogen-bond donors (Lipinski definition) is 9. The number of methoxy groups -OCH3 is 4. The van der Waals surface area contributed by atoms with Crippen LogP contribution >= 0.6 is 0 Å². The van der Waals surface area contributed by atoms with E-state index in [2.05, 4.69) is 29.1 Å². The Morgan fingerprint density at radius 2 is 0.895 bits per heavy atom. The molecule has 554 valence electrons. The first-order valence-corrected chi connectivity index (χ1v) is 32.0. The predicted molar refractivity (Wildman–Crippen MR) is 345 cm³/mol. The Morgan fingerprint density at radius 3 is 1.32 bits per heavy atom. The van der Waals surface area contributed by atoms with Crippen LogP contribution in [0.15, 0.2) is 36.8 Å². The zero-order chi connectivity index (χ0) is 73.1. The van der Waals surface area contributed by atoms with Gasteiger partial charge in [-0.2, -0.15) is 0 Å². The number of rotatable bonds is 57. The Balaban J connectivity index is -0.00000138. The number of carboxylic acids is 1. The van der Waals surface area contributed by atoms with Crippen LogP contribution in [0.1, 0.15) is 139 Å². The Hall–Kier alpha value is -5.62. The average Bonchev–Trinajstić information content (AvgIpc) is 1.79. The lowest BCUT2D eigenvalue weighted by molar-refractivity contribution is -0.194. The van der Waals surface area contributed by atoms with Crippen molar-refractivity contribution in [1.82, 2.24) is 20.9 Å². The van der Waals surface area contributed by atoms with Crippen LogP contribution in [0.5, 0.6) is 0 Å². The number of allylic oxidation sites excluding steroid dienone is 2. The van der Waals surface area contributed by atoms with E-state index in [1.165, 1.54) is 40.6 Å². The maximum absolute atomic E-state index is 12.0. The smallest absolute Gasteiger partial charge is 0.305 e. The van der Waals surface area contributed by atoms with Crippen molar-refractivity contribution < 1.29 is 132 Å². The molecule has 1 aliphatic heterocycles. The molecule has 1 heterocycles. The zero-order valence-corrected chi connectivity index (χ0v) is 57.8. The topological polar surface area (TPSA) is 417 Å². The molecule has 8 atom stereocenters. The molecular weight excluding hydrogens is 1260 g/mol. The van der Waals surface area contributed by atoms with E-state index in [-0.39, 0.29) is 166 Å². The quantitative estimate of drug-likeness (QED) is 0.0139. The summed E-state index contributed by atoms with van der Waals surface area (Å²) in [5.74, 6) is -3.68. The Labute approximate surface area is 562 Å². The molecule has 95 heavy (non-hydrogen) atoms. The molecule has 0 radical (unpaired) electrons. The van der Waals surface area contributed by atoms with Crippen molar-refractivity contribution in [1.29, 1.82) is 0 Å². The summed E-state index contributed by atoms with van der Waals surface area (Å²) in [6.45, 7) is 20.2. The van der Waals surface area contributed by atoms with Crippen molar-refractivity contribution in [2.45, 2.75) is 187 Å². The summed E-state index contributed by atoms with van der Waals surface area (Å²) in [6.07, 6.45) is 4.29. The average molecular weight is 1370 g/mol. The summed E-state index contributed by atoms with van der Waals surface area (Å²) in [5, 5.41) is 61.6. The number of carboxylic acid groups (broad SMARTS) is 1. The van der Waals surface area contributed by atoms with Gasteiger partial charge < -0.3 is 108 Å². The Bertz CT molecular complexity index is 2090. The van der Waals surface area contributed by atoms with E-state index in [1.807, 2.05) is 27.7 Å². The van der Waals surface area contributed by atoms with Gasteiger partial charge in [0.05, 0.1) is 89.6 Å². The molecule has 0 aromatic heterocycles. The summed E-state index contributed by atoms with van der Waals surface area (Å²) in [6, 6.07) is 0. The van der Waals surface area contributed by atoms with E-state index in [1.54, 1.807) is 13.8 Å². The van der Waals surface area contributed by atoms with E-state index in [4.69, 9.17) is 88.5 Å². The standard InChI is InChI=1S/C29H48N4O11.C16H30O5.C12H22O7.C7H16O4/c1-4-23(20-34)44-29(40-3)21-43-28(39)7-5-6-22(2)30-12-13-31-25(36)11-16-41-18-19-42-17-14-32-24(35)10-15-33-26(37)8-9-27(33)38;1-6-14(10-17)21-16(19-5)11-20-13(4)8-7-9-15(18)12(2)3;1-3-9(7-13)19-12(17-2)8-18-11(16)6-4-5-10(14)15;1-3-6(4-8)11-7(5-9)10-2/h8-9,23,29-30,34H,2,4-7,10-21H2,1,3H3,(H,31,36)(H,32,35);12,14,16-17H,4,6-11H2,1-3,5H3;9,12-13H,3-8H2,1-2H3,(H,14,15);6-9H,3-5H2,1-2H3/i;12D;;. The third-order valence-electron chi connectivity index (χ3n) is 13.1. The minimum absolute atomic E-state index is 0.0219. The first-order valence-electron chi connectivity index (χ1n) is 32.5. The molecule has 0 saturated carbocycles. The van der Waals surface area contributed by atoms with Crippen LogP contribution in [0.4, 0.5) is 0 Å². The highest BCUT2D eigenvalue weighted by atomic mass is 16.7. The first-order chi connectivity index (χ1) is 45.7. The van der Waals surface area contributed by atoms with Gasteiger partial charge in [-0.1, -0.05) is 54.7 Å². The maximum Gasteiger partial charge on any atom is 0.305 e. The lowest BCUT2D eigenvalue weighted by Gasteiger charge is -2.22. The molecule has 0 fully saturated rings. The minimum Gasteiger partial charge on any atom is -0.493 e. The largest absolute Gasteiger partial charge is 0.493 e. The fourth-order valence-electron chi connectivity index (χ4n) is 7.17. The van der Waals surface area contributed by atoms with Gasteiger partial charge in [0, 0.05) is 125 Å². The van der Waals surface area contributed by atoms with Crippen LogP contribution in [0.25, 0.3) is 0 Å². The number of aliphatic hydroxyl groups is 5. The van der Waals surface area contributed by atoms with Crippen molar-refractivity contribution in [2.24, 2.45) is 5.89 Å². The van der Waals surface area contributed by atoms with Crippen molar-refractivity contribution in [3.63, 3.8) is 0 Å². The van der Waals surface area contributed by atoms with Crippen LogP contribution in [0.2, 0.25) is 0 Å². The number of nitrogens with one attached hydrogen (secondary N) is 3. The number of imide groups is 1. The fraction of sp³-hybridized carbons (Fsp3) is 0.781. The minimum atomic E-state index is -1.05. The lowest BCUT2D eigenvalue weighted by Crippen LogP contribution is -2.35. The number of ketones is 1. The maximum atomic E-state index is 12.0. The van der Waals surface area contributed by atoms with Crippen molar-refractivity contribution >= 4 is 47.3 Å². The van der Waals surface area contributed by atoms with Crippen molar-refractivity contribution in [3.05, 3.63) is 36.8 Å². The van der Waals surface area contributed by atoms with Crippen LogP contribution < -0.4 is 16.0 Å². The molecule has 1 rings (SSSR count). The van der Waals surface area contributed by atoms with E-state index in [9.17, 15) is 43.5 Å². The van der Waals surface area contributed by atoms with Gasteiger partial charge in [0.1, 0.15) is 25.6 Å². The number of aliphatic carboxylic acids is 1. The van der Waals surface area contributed by atoms with Crippen LogP contribution in [-0.2, 0) is 99.9 Å². The van der Waals surface area contributed by atoms with Gasteiger partial charge in [-0.25, -0.2) is 0 Å². The van der Waals surface area contributed by atoms with Gasteiger partial charge in [0.2, 0.25) is 11.8 Å². The molecule has 0 aliphatic carbocycles. The summed E-state index contributed by atoms with van der Waals surface area (Å²) in [5.41, 5.74) is 0.745. The second-order valence-electron chi connectivity index (χ2n) is 20.9. The van der Waals surface area contributed by atoms with Crippen LogP contribution in [-0.4, -0.2) is 266 Å². The number of aliphatic hydroxyl groups excluding tert-OH is 5. The molecule has 0 spiro atoms. The van der Waals surface area contributed by atoms with Gasteiger partial charge in [0.15, 0.2) is 25.2 Å². The molecule has 31 heteroatoms. The number of carbonyl (C=O) groups excluding carboxylic acids is 7. The number of ether oxygens (including phenoxy) is 13. The second-order valence-corrected chi connectivity index (χ2v) is 20.9. The number of carbonyl (C=O) groups is 8. The molecular formula is C64H116N4O27. The monoisotopic (exact) mass is 1370 g/mol. The molecule has 1 aliphatic rings. The number of hydrogen-bond acceptors (Lipinski definition) is 27. The number of nitrogens with zero attached hydrogens (tertiary/aromatic N) is 1. The number of esters is 2. The fourth-order valence-corrected chi connectivity index (χ4v) is 7.17. The molecule has 0 bridgehead atoms. The van der Waals surface area contributed by atoms with Gasteiger partial charge >= 0.3 is 17.9 Å². The van der Waals surface area contributed by atoms with Crippen LogP contribution in [0, 0.1) is 5.89 Å². The third kappa shape index (κ3) is 54.1. The van der Waals surface area contributed by atoms with Crippen LogP contribution in [0.3, 0.4) is 0 Å². The van der Waals surface area contributed by atoms with Gasteiger partial charge in [-0.05, 0) is 51.4 Å². The summed E-state index contributed by atoms with van der Waals surface area (Å²) in [4.78, 5) is 92.7. The van der Waals surface area contributed by atoms with E-state index >= 15 is 0 Å². The van der Waals surface area contributed by atoms with Crippen molar-refractivity contribution in [3.8, 4) is 0 Å². The molecule has 4 amide bonds. The molecule has 0 saturated heterocycles. The van der Waals surface area contributed by atoms with E-state index in [0.29, 0.717) is 89.8 Å². The van der Waals surface area contributed by atoms with Gasteiger partial charge in [-0.3, -0.25) is 43.3 Å². The SMILES string of the molecule is C=C(CCCC(=O)OCC(OC)OC(CC)CO)NCCNC(=O)CCOCCOCCNC(=O)CCN1C(=O)C=CC1=O.CCC(CO)OC(CO)OC.CCC(CO)OC(COC(=O)CCCC(=O)O)OC.[2H]C(C)(C)C(=O)CCCC(=C)OCC(OC)OC(CC)CO. The molecule has 31 nitrogen and oxygen atoms in total.